The van der Waals surface area contributed by atoms with Gasteiger partial charge in [0.25, 0.3) is 0 Å². The van der Waals surface area contributed by atoms with Gasteiger partial charge in [-0.3, -0.25) is 0 Å². The first-order valence-corrected chi connectivity index (χ1v) is 6.45. The zero-order valence-corrected chi connectivity index (χ0v) is 11.5. The van der Waals surface area contributed by atoms with Crippen LogP contribution in [0.15, 0.2) is 16.6 Å². The number of nitrogens with zero attached hydrogens (tertiary/aromatic N) is 2. The predicted molar refractivity (Wildman–Crippen MR) is 68.6 cm³/mol. The van der Waals surface area contributed by atoms with Gasteiger partial charge in [0.1, 0.15) is 23.0 Å². The summed E-state index contributed by atoms with van der Waals surface area (Å²) in [7, 11) is 0. The molecule has 1 aromatic heterocycles. The Hall–Kier alpha value is -1.07. The number of aryl methyl sites for hydroxylation is 2. The van der Waals surface area contributed by atoms with Crippen molar-refractivity contribution >= 4 is 29.3 Å². The summed E-state index contributed by atoms with van der Waals surface area (Å²) in [5.41, 5.74) is 0.994. The fourth-order valence-corrected chi connectivity index (χ4v) is 1.99. The maximum absolute atomic E-state index is 11.8. The maximum atomic E-state index is 11.8. The van der Waals surface area contributed by atoms with Gasteiger partial charge in [-0.15, -0.1) is 11.8 Å². The molecule has 0 N–H and O–H groups in total. The van der Waals surface area contributed by atoms with Crippen LogP contribution < -0.4 is 0 Å². The molecule has 0 aromatic carbocycles. The second kappa shape index (κ2) is 6.02. The minimum Gasteiger partial charge on any atom is -0.456 e. The minimum atomic E-state index is -0.478. The molecule has 4 nitrogen and oxygen atoms in total. The van der Waals surface area contributed by atoms with Gasteiger partial charge in [-0.1, -0.05) is 18.2 Å². The Bertz CT molecular complexity index is 463. The number of aromatic nitrogens is 2. The fourth-order valence-electron chi connectivity index (χ4n) is 1.28. The van der Waals surface area contributed by atoms with E-state index in [1.165, 1.54) is 11.8 Å². The van der Waals surface area contributed by atoms with E-state index in [2.05, 4.69) is 16.5 Å². The summed E-state index contributed by atoms with van der Waals surface area (Å²) in [6.45, 7) is 6.97. The van der Waals surface area contributed by atoms with E-state index in [1.807, 2.05) is 6.26 Å². The Morgan fingerprint density at radius 2 is 2.12 bits per heavy atom. The normalized spacial score (nSPS) is 10.1. The lowest BCUT2D eigenvalue weighted by atomic mass is 10.2. The third-order valence-corrected chi connectivity index (χ3v) is 2.72. The highest BCUT2D eigenvalue weighted by Crippen LogP contribution is 2.21. The van der Waals surface area contributed by atoms with E-state index in [0.717, 1.165) is 0 Å². The van der Waals surface area contributed by atoms with Crippen LogP contribution in [-0.4, -0.2) is 28.8 Å². The van der Waals surface area contributed by atoms with Crippen LogP contribution in [0.25, 0.3) is 0 Å². The topological polar surface area (TPSA) is 52.1 Å². The molecule has 0 aliphatic rings. The molecule has 0 radical (unpaired) electrons. The molecule has 92 valence electrons. The van der Waals surface area contributed by atoms with E-state index in [0.29, 0.717) is 22.1 Å². The average molecular weight is 273 g/mol. The van der Waals surface area contributed by atoms with Gasteiger partial charge in [0, 0.05) is 5.03 Å². The standard InChI is InChI=1S/C11H13ClN2O2S/c1-6(12)5-16-11(15)9-7(2)13-8(3)14-10(9)17-4/h1,5H2,2-4H3. The largest absolute Gasteiger partial charge is 0.456 e. The molecule has 0 aliphatic heterocycles. The van der Waals surface area contributed by atoms with Crippen LogP contribution in [0, 0.1) is 13.8 Å². The summed E-state index contributed by atoms with van der Waals surface area (Å²) in [6.07, 6.45) is 1.85. The van der Waals surface area contributed by atoms with Crippen molar-refractivity contribution in [3.05, 3.63) is 28.7 Å². The number of carbonyl (C=O) groups is 1. The highest BCUT2D eigenvalue weighted by atomic mass is 35.5. The summed E-state index contributed by atoms with van der Waals surface area (Å²) >= 11 is 6.92. The Kier molecular flexibility index (Phi) is 4.96. The molecule has 1 heterocycles. The lowest BCUT2D eigenvalue weighted by Crippen LogP contribution is -2.12. The van der Waals surface area contributed by atoms with E-state index in [1.54, 1.807) is 13.8 Å². The molecule has 0 saturated carbocycles. The Balaban J connectivity index is 3.03. The zero-order valence-electron chi connectivity index (χ0n) is 9.91. The summed E-state index contributed by atoms with van der Waals surface area (Å²) in [5, 5.41) is 0.884. The minimum absolute atomic E-state index is 0.0124. The second-order valence-electron chi connectivity index (χ2n) is 3.33. The highest BCUT2D eigenvalue weighted by molar-refractivity contribution is 7.98. The van der Waals surface area contributed by atoms with Gasteiger partial charge in [0.05, 0.1) is 5.69 Å². The first kappa shape index (κ1) is 14.0. The predicted octanol–water partition coefficient (Wildman–Crippen LogP) is 2.72. The lowest BCUT2D eigenvalue weighted by molar-refractivity contribution is 0.0539. The first-order valence-electron chi connectivity index (χ1n) is 4.85. The van der Waals surface area contributed by atoms with Crippen LogP contribution in [0.5, 0.6) is 0 Å². The van der Waals surface area contributed by atoms with Crippen LogP contribution in [0.3, 0.4) is 0 Å². The summed E-state index contributed by atoms with van der Waals surface area (Å²) < 4.78 is 4.99. The molecule has 0 amide bonds. The lowest BCUT2D eigenvalue weighted by Gasteiger charge is -2.09. The fraction of sp³-hybridized carbons (Fsp3) is 0.364. The molecule has 1 rings (SSSR count). The van der Waals surface area contributed by atoms with Gasteiger partial charge in [-0.2, -0.15) is 0 Å². The van der Waals surface area contributed by atoms with Gasteiger partial charge in [0.15, 0.2) is 0 Å². The van der Waals surface area contributed by atoms with Crippen molar-refractivity contribution in [2.45, 2.75) is 18.9 Å². The van der Waals surface area contributed by atoms with Crippen molar-refractivity contribution in [1.82, 2.24) is 9.97 Å². The molecule has 0 fully saturated rings. The number of hydrogen-bond donors (Lipinski definition) is 0. The SMILES string of the molecule is C=C(Cl)COC(=O)c1c(C)nc(C)nc1SC. The number of carbonyl (C=O) groups excluding carboxylic acids is 1. The molecule has 0 bridgehead atoms. The Morgan fingerprint density at radius 1 is 1.47 bits per heavy atom. The Morgan fingerprint density at radius 3 is 2.65 bits per heavy atom. The monoisotopic (exact) mass is 272 g/mol. The summed E-state index contributed by atoms with van der Waals surface area (Å²) in [5.74, 6) is 0.152. The third kappa shape index (κ3) is 3.71. The molecule has 1 aromatic rings. The van der Waals surface area contributed by atoms with Gasteiger partial charge in [-0.05, 0) is 20.1 Å². The Labute approximate surface area is 109 Å². The maximum Gasteiger partial charge on any atom is 0.343 e. The van der Waals surface area contributed by atoms with E-state index in [9.17, 15) is 4.79 Å². The van der Waals surface area contributed by atoms with Crippen LogP contribution in [-0.2, 0) is 4.74 Å². The van der Waals surface area contributed by atoms with Crippen LogP contribution in [0.2, 0.25) is 0 Å². The molecule has 0 atom stereocenters. The van der Waals surface area contributed by atoms with Crippen molar-refractivity contribution in [2.24, 2.45) is 0 Å². The van der Waals surface area contributed by atoms with E-state index < -0.39 is 5.97 Å². The van der Waals surface area contributed by atoms with Crippen molar-refractivity contribution in [2.75, 3.05) is 12.9 Å². The average Bonchev–Trinajstić information content (AvgIpc) is 2.24. The number of thioether (sulfide) groups is 1. The summed E-state index contributed by atoms with van der Waals surface area (Å²) in [6, 6.07) is 0. The number of hydrogen-bond acceptors (Lipinski definition) is 5. The van der Waals surface area contributed by atoms with Crippen molar-refractivity contribution in [3.63, 3.8) is 0 Å². The van der Waals surface area contributed by atoms with Crippen molar-refractivity contribution in [1.29, 1.82) is 0 Å². The molecule has 0 saturated heterocycles. The number of ether oxygens (including phenoxy) is 1. The third-order valence-electron chi connectivity index (χ3n) is 1.93. The molecule has 6 heteroatoms. The molecular weight excluding hydrogens is 260 g/mol. The highest BCUT2D eigenvalue weighted by Gasteiger charge is 2.18. The molecule has 0 unspecified atom stereocenters. The van der Waals surface area contributed by atoms with Gasteiger partial charge >= 0.3 is 5.97 Å². The van der Waals surface area contributed by atoms with Gasteiger partial charge in [0.2, 0.25) is 0 Å². The van der Waals surface area contributed by atoms with Gasteiger partial charge < -0.3 is 4.74 Å². The molecular formula is C11H13ClN2O2S. The smallest absolute Gasteiger partial charge is 0.343 e. The first-order chi connectivity index (χ1) is 7.95. The van der Waals surface area contributed by atoms with E-state index >= 15 is 0 Å². The van der Waals surface area contributed by atoms with Gasteiger partial charge in [-0.25, -0.2) is 14.8 Å². The number of halogens is 1. The molecule has 0 spiro atoms. The zero-order chi connectivity index (χ0) is 13.0. The van der Waals surface area contributed by atoms with Crippen LogP contribution in [0.1, 0.15) is 21.9 Å². The second-order valence-corrected chi connectivity index (χ2v) is 4.66. The number of rotatable bonds is 4. The van der Waals surface area contributed by atoms with Crippen LogP contribution >= 0.6 is 23.4 Å². The molecule has 0 aliphatic carbocycles. The summed E-state index contributed by atoms with van der Waals surface area (Å²) in [4.78, 5) is 20.2. The quantitative estimate of drug-likeness (QED) is 0.479. The van der Waals surface area contributed by atoms with Crippen molar-refractivity contribution < 1.29 is 9.53 Å². The number of esters is 1. The van der Waals surface area contributed by atoms with Crippen LogP contribution in [0.4, 0.5) is 0 Å². The van der Waals surface area contributed by atoms with Crippen molar-refractivity contribution in [3.8, 4) is 0 Å². The molecule has 17 heavy (non-hydrogen) atoms. The van der Waals surface area contributed by atoms with E-state index in [-0.39, 0.29) is 11.6 Å². The van der Waals surface area contributed by atoms with E-state index in [4.69, 9.17) is 16.3 Å².